The Morgan fingerprint density at radius 3 is 1.55 bits per heavy atom. The molecule has 9 rings (SSSR count). The molecule has 1 aromatic heterocycles. The fourth-order valence-corrected chi connectivity index (χ4v) is 8.77. The van der Waals surface area contributed by atoms with E-state index in [0.717, 1.165) is 17.2 Å². The van der Waals surface area contributed by atoms with Crippen LogP contribution in [0.15, 0.2) is 176 Å². The Morgan fingerprint density at radius 2 is 0.922 bits per heavy atom. The standard InChI is InChI=1S/C48H38N2Si/c1-51(2,3)46-27-15-26-45(49-46)50(35-17-5-4-6-18-35)36-30-28-33(29-31-36)47-40-22-11-13-24-42(40)48(43-25-14-12-23-41(43)47)44-32-34-16-7-8-19-37(34)38-20-9-10-21-39(38)44/h4-32H,1-3H3. The fourth-order valence-electron chi connectivity index (χ4n) is 7.72. The number of fused-ring (bicyclic) bond motifs is 5. The van der Waals surface area contributed by atoms with E-state index in [1.807, 2.05) is 0 Å². The van der Waals surface area contributed by atoms with Crippen molar-refractivity contribution < 1.29 is 0 Å². The lowest BCUT2D eigenvalue weighted by atomic mass is 9.84. The topological polar surface area (TPSA) is 16.1 Å². The quantitative estimate of drug-likeness (QED) is 0.0994. The molecule has 51 heavy (non-hydrogen) atoms. The van der Waals surface area contributed by atoms with E-state index >= 15 is 0 Å². The van der Waals surface area contributed by atoms with Crippen LogP contribution in [0.25, 0.3) is 65.3 Å². The van der Waals surface area contributed by atoms with Crippen LogP contribution in [0.1, 0.15) is 0 Å². The molecule has 9 aromatic rings. The van der Waals surface area contributed by atoms with E-state index in [-0.39, 0.29) is 0 Å². The number of hydrogen-bond donors (Lipinski definition) is 0. The minimum atomic E-state index is -1.61. The number of para-hydroxylation sites is 1. The van der Waals surface area contributed by atoms with Crippen molar-refractivity contribution in [1.82, 2.24) is 4.98 Å². The molecule has 244 valence electrons. The number of pyridine rings is 1. The van der Waals surface area contributed by atoms with Gasteiger partial charge >= 0.3 is 0 Å². The summed E-state index contributed by atoms with van der Waals surface area (Å²) in [5.41, 5.74) is 7.17. The van der Waals surface area contributed by atoms with Crippen LogP contribution in [-0.2, 0) is 0 Å². The van der Waals surface area contributed by atoms with Crippen LogP contribution in [0.4, 0.5) is 17.2 Å². The summed E-state index contributed by atoms with van der Waals surface area (Å²) < 4.78 is 0. The van der Waals surface area contributed by atoms with Crippen molar-refractivity contribution in [1.29, 1.82) is 0 Å². The maximum absolute atomic E-state index is 5.23. The minimum absolute atomic E-state index is 0.941. The highest BCUT2D eigenvalue weighted by Gasteiger charge is 2.22. The van der Waals surface area contributed by atoms with Crippen molar-refractivity contribution in [2.75, 3.05) is 4.90 Å². The maximum atomic E-state index is 5.23. The van der Waals surface area contributed by atoms with Crippen LogP contribution in [0.5, 0.6) is 0 Å². The van der Waals surface area contributed by atoms with Crippen molar-refractivity contribution in [2.24, 2.45) is 0 Å². The van der Waals surface area contributed by atoms with Crippen LogP contribution >= 0.6 is 0 Å². The molecule has 0 fully saturated rings. The molecular formula is C48H38N2Si. The molecule has 1 heterocycles. The molecule has 0 amide bonds. The third kappa shape index (κ3) is 5.38. The summed E-state index contributed by atoms with van der Waals surface area (Å²) in [7, 11) is -1.61. The smallest absolute Gasteiger partial charge is 0.137 e. The van der Waals surface area contributed by atoms with Gasteiger partial charge in [-0.3, -0.25) is 4.90 Å². The third-order valence-electron chi connectivity index (χ3n) is 10.1. The molecule has 8 aromatic carbocycles. The normalized spacial score (nSPS) is 11.8. The van der Waals surface area contributed by atoms with E-state index in [2.05, 4.69) is 200 Å². The molecule has 0 unspecified atom stereocenters. The molecule has 0 aliphatic rings. The predicted molar refractivity (Wildman–Crippen MR) is 223 cm³/mol. The fraction of sp³-hybridized carbons (Fsp3) is 0.0625. The number of nitrogens with zero attached hydrogens (tertiary/aromatic N) is 2. The third-order valence-corrected chi connectivity index (χ3v) is 11.9. The summed E-state index contributed by atoms with van der Waals surface area (Å²) in [5, 5.41) is 11.3. The number of anilines is 3. The van der Waals surface area contributed by atoms with Crippen molar-refractivity contribution in [3.05, 3.63) is 176 Å². The highest BCUT2D eigenvalue weighted by atomic mass is 28.3. The summed E-state index contributed by atoms with van der Waals surface area (Å²) in [6.45, 7) is 7.05. The second kappa shape index (κ2) is 12.4. The van der Waals surface area contributed by atoms with E-state index in [1.54, 1.807) is 0 Å². The summed E-state index contributed by atoms with van der Waals surface area (Å²) >= 11 is 0. The SMILES string of the molecule is C[Si](C)(C)c1cccc(N(c2ccccc2)c2ccc(-c3c4ccccc4c(-c4cc5ccccc5c5ccccc45)c4ccccc34)cc2)n1. The van der Waals surface area contributed by atoms with Crippen LogP contribution in [0, 0.1) is 0 Å². The Kier molecular flexibility index (Phi) is 7.52. The van der Waals surface area contributed by atoms with E-state index in [4.69, 9.17) is 4.98 Å². The first kappa shape index (κ1) is 31.0. The number of hydrogen-bond acceptors (Lipinski definition) is 2. The molecule has 0 N–H and O–H groups in total. The first-order chi connectivity index (χ1) is 25.0. The monoisotopic (exact) mass is 670 g/mol. The molecule has 0 aliphatic carbocycles. The molecule has 0 aliphatic heterocycles. The van der Waals surface area contributed by atoms with Crippen molar-refractivity contribution in [3.63, 3.8) is 0 Å². The molecule has 3 heteroatoms. The van der Waals surface area contributed by atoms with Gasteiger partial charge in [0, 0.05) is 16.7 Å². The zero-order valence-electron chi connectivity index (χ0n) is 29.1. The summed E-state index contributed by atoms with van der Waals surface area (Å²) in [5.74, 6) is 0.941. The lowest BCUT2D eigenvalue weighted by Gasteiger charge is -2.26. The minimum Gasteiger partial charge on any atom is -0.295 e. The lowest BCUT2D eigenvalue weighted by molar-refractivity contribution is 1.19. The van der Waals surface area contributed by atoms with Gasteiger partial charge in [-0.1, -0.05) is 153 Å². The molecular weight excluding hydrogens is 633 g/mol. The first-order valence-corrected chi connectivity index (χ1v) is 21.2. The van der Waals surface area contributed by atoms with Gasteiger partial charge in [0.25, 0.3) is 0 Å². The number of aromatic nitrogens is 1. The van der Waals surface area contributed by atoms with Crippen molar-refractivity contribution in [3.8, 4) is 22.3 Å². The van der Waals surface area contributed by atoms with E-state index in [1.165, 1.54) is 70.7 Å². The first-order valence-electron chi connectivity index (χ1n) is 17.7. The van der Waals surface area contributed by atoms with E-state index in [0.29, 0.717) is 0 Å². The van der Waals surface area contributed by atoms with Crippen LogP contribution in [0.3, 0.4) is 0 Å². The molecule has 0 atom stereocenters. The van der Waals surface area contributed by atoms with Gasteiger partial charge in [0.1, 0.15) is 13.9 Å². The zero-order valence-corrected chi connectivity index (χ0v) is 30.1. The van der Waals surface area contributed by atoms with Crippen LogP contribution < -0.4 is 10.2 Å². The Balaban J connectivity index is 1.26. The summed E-state index contributed by atoms with van der Waals surface area (Å²) in [6, 6.07) is 64.0. The summed E-state index contributed by atoms with van der Waals surface area (Å²) in [4.78, 5) is 7.50. The second-order valence-electron chi connectivity index (χ2n) is 14.4. The Hall–Kier alpha value is -6.03. The van der Waals surface area contributed by atoms with Gasteiger partial charge in [0.2, 0.25) is 0 Å². The Bertz CT molecular complexity index is 2670. The molecule has 0 saturated heterocycles. The Morgan fingerprint density at radius 1 is 0.412 bits per heavy atom. The van der Waals surface area contributed by atoms with Gasteiger partial charge in [-0.05, 0) is 108 Å². The van der Waals surface area contributed by atoms with Gasteiger partial charge in [-0.25, -0.2) is 4.98 Å². The predicted octanol–water partition coefficient (Wildman–Crippen LogP) is 13.0. The van der Waals surface area contributed by atoms with Gasteiger partial charge in [-0.2, -0.15) is 0 Å². The largest absolute Gasteiger partial charge is 0.295 e. The lowest BCUT2D eigenvalue weighted by Crippen LogP contribution is -2.40. The zero-order chi connectivity index (χ0) is 34.5. The number of rotatable bonds is 6. The van der Waals surface area contributed by atoms with Crippen molar-refractivity contribution in [2.45, 2.75) is 19.6 Å². The van der Waals surface area contributed by atoms with Gasteiger partial charge in [0.05, 0.1) is 0 Å². The molecule has 0 saturated carbocycles. The van der Waals surface area contributed by atoms with Crippen LogP contribution in [-0.4, -0.2) is 13.1 Å². The van der Waals surface area contributed by atoms with Gasteiger partial charge < -0.3 is 0 Å². The van der Waals surface area contributed by atoms with Crippen molar-refractivity contribution >= 4 is 73.7 Å². The molecule has 2 nitrogen and oxygen atoms in total. The average molecular weight is 671 g/mol. The Labute approximate surface area is 300 Å². The van der Waals surface area contributed by atoms with Crippen LogP contribution in [0.2, 0.25) is 19.6 Å². The van der Waals surface area contributed by atoms with E-state index < -0.39 is 8.07 Å². The van der Waals surface area contributed by atoms with E-state index in [9.17, 15) is 0 Å². The van der Waals surface area contributed by atoms with Gasteiger partial charge in [-0.15, -0.1) is 0 Å². The molecule has 0 bridgehead atoms. The second-order valence-corrected chi connectivity index (χ2v) is 19.4. The average Bonchev–Trinajstić information content (AvgIpc) is 3.17. The molecule has 0 radical (unpaired) electrons. The number of benzene rings is 8. The molecule has 0 spiro atoms. The highest BCUT2D eigenvalue weighted by Crippen LogP contribution is 2.47. The highest BCUT2D eigenvalue weighted by molar-refractivity contribution is 6.88. The summed E-state index contributed by atoms with van der Waals surface area (Å²) in [6.07, 6.45) is 0. The van der Waals surface area contributed by atoms with Gasteiger partial charge in [0.15, 0.2) is 0 Å². The maximum Gasteiger partial charge on any atom is 0.137 e.